The van der Waals surface area contributed by atoms with Gasteiger partial charge in [0, 0.05) is 6.42 Å². The van der Waals surface area contributed by atoms with E-state index in [-0.39, 0.29) is 11.2 Å². The molecule has 3 saturated carbocycles. The maximum absolute atomic E-state index is 11.9. The molecule has 1 heteroatoms. The van der Waals surface area contributed by atoms with E-state index in [0.29, 0.717) is 23.8 Å². The van der Waals surface area contributed by atoms with Gasteiger partial charge in [-0.15, -0.1) is 0 Å². The SMILES string of the molecule is [2H]C1=C[C@@]2(C)C(CC[C@H]3[C@@H]4CCC[C@@]4(C)CC[C@@H]32)CC1=O. The van der Waals surface area contributed by atoms with Crippen molar-refractivity contribution < 1.29 is 6.17 Å². The minimum atomic E-state index is 0.0810. The molecule has 0 aliphatic heterocycles. The summed E-state index contributed by atoms with van der Waals surface area (Å²) in [5.41, 5.74) is 0.722. The summed E-state index contributed by atoms with van der Waals surface area (Å²) in [7, 11) is 0. The van der Waals surface area contributed by atoms with Gasteiger partial charge in [-0.1, -0.05) is 26.3 Å². The molecular formula is C19H28O. The molecule has 1 unspecified atom stereocenters. The van der Waals surface area contributed by atoms with Gasteiger partial charge in [0.1, 0.15) is 0 Å². The first kappa shape index (κ1) is 12.0. The number of hydrogen-bond donors (Lipinski definition) is 0. The van der Waals surface area contributed by atoms with E-state index < -0.39 is 0 Å². The molecule has 0 spiro atoms. The molecule has 0 aromatic rings. The van der Waals surface area contributed by atoms with Crippen LogP contribution in [-0.4, -0.2) is 5.78 Å². The summed E-state index contributed by atoms with van der Waals surface area (Å²) in [5, 5.41) is 0. The van der Waals surface area contributed by atoms with E-state index in [9.17, 15) is 4.79 Å². The molecular weight excluding hydrogens is 244 g/mol. The zero-order valence-electron chi connectivity index (χ0n) is 14.0. The standard InChI is InChI=1S/C19H28O/c1-18-9-3-4-16(18)15-6-5-13-12-14(20)7-11-19(13,2)17(15)8-10-18/h7,11,13,15-17H,3-6,8-10,12H2,1-2H3/t13?,15-,16-,17-,18-,19-/m0/s1/i7D. The number of carbonyl (C=O) groups is 1. The highest BCUT2D eigenvalue weighted by molar-refractivity contribution is 5.91. The average Bonchev–Trinajstić information content (AvgIpc) is 2.82. The molecule has 0 heterocycles. The lowest BCUT2D eigenvalue weighted by atomic mass is 9.46. The molecule has 6 atom stereocenters. The summed E-state index contributed by atoms with van der Waals surface area (Å²) >= 11 is 0. The van der Waals surface area contributed by atoms with Gasteiger partial charge >= 0.3 is 0 Å². The van der Waals surface area contributed by atoms with E-state index in [0.717, 1.165) is 17.8 Å². The number of ketones is 1. The van der Waals surface area contributed by atoms with Crippen molar-refractivity contribution in [1.29, 1.82) is 0 Å². The molecule has 4 aliphatic rings. The fraction of sp³-hybridized carbons (Fsp3) is 0.842. The van der Waals surface area contributed by atoms with Gasteiger partial charge < -0.3 is 0 Å². The molecule has 1 nitrogen and oxygen atoms in total. The third kappa shape index (κ3) is 1.64. The predicted octanol–water partition coefficient (Wildman–Crippen LogP) is 4.76. The third-order valence-electron chi connectivity index (χ3n) is 7.72. The summed E-state index contributed by atoms with van der Waals surface area (Å²) in [6.45, 7) is 4.90. The fourth-order valence-corrected chi connectivity index (χ4v) is 6.53. The zero-order valence-corrected chi connectivity index (χ0v) is 13.0. The van der Waals surface area contributed by atoms with Crippen LogP contribution in [0.1, 0.15) is 66.6 Å². The Morgan fingerprint density at radius 1 is 1.15 bits per heavy atom. The summed E-state index contributed by atoms with van der Waals surface area (Å²) in [6.07, 6.45) is 12.2. The van der Waals surface area contributed by atoms with Gasteiger partial charge in [0.25, 0.3) is 0 Å². The first-order chi connectivity index (χ1) is 9.94. The number of fused-ring (bicyclic) bond motifs is 5. The normalized spacial score (nSPS) is 55.4. The number of hydrogen-bond acceptors (Lipinski definition) is 1. The lowest BCUT2D eigenvalue weighted by Gasteiger charge is -2.58. The Labute approximate surface area is 124 Å². The fourth-order valence-electron chi connectivity index (χ4n) is 6.53. The van der Waals surface area contributed by atoms with Crippen LogP contribution in [0.2, 0.25) is 0 Å². The molecule has 0 saturated heterocycles. The lowest BCUT2D eigenvalue weighted by molar-refractivity contribution is -0.121. The smallest absolute Gasteiger partial charge is 0.155 e. The second-order valence-corrected chi connectivity index (χ2v) is 8.52. The highest BCUT2D eigenvalue weighted by Gasteiger charge is 2.56. The quantitative estimate of drug-likeness (QED) is 0.621. The van der Waals surface area contributed by atoms with E-state index in [1.165, 1.54) is 44.9 Å². The van der Waals surface area contributed by atoms with Crippen molar-refractivity contribution in [3.05, 3.63) is 12.1 Å². The molecule has 0 N–H and O–H groups in total. The van der Waals surface area contributed by atoms with Crippen molar-refractivity contribution >= 4 is 5.78 Å². The third-order valence-corrected chi connectivity index (χ3v) is 7.72. The summed E-state index contributed by atoms with van der Waals surface area (Å²) in [6, 6.07) is 0.300. The van der Waals surface area contributed by atoms with Crippen LogP contribution in [-0.2, 0) is 4.79 Å². The van der Waals surface area contributed by atoms with E-state index in [2.05, 4.69) is 19.9 Å². The molecule has 110 valence electrons. The van der Waals surface area contributed by atoms with Crippen LogP contribution in [0.15, 0.2) is 12.1 Å². The van der Waals surface area contributed by atoms with Crippen molar-refractivity contribution in [2.75, 3.05) is 0 Å². The largest absolute Gasteiger partial charge is 0.295 e. The Kier molecular flexibility index (Phi) is 2.53. The maximum Gasteiger partial charge on any atom is 0.155 e. The zero-order chi connectivity index (χ0) is 14.8. The average molecular weight is 273 g/mol. The van der Waals surface area contributed by atoms with Crippen molar-refractivity contribution in [1.82, 2.24) is 0 Å². The topological polar surface area (TPSA) is 17.1 Å². The van der Waals surface area contributed by atoms with Crippen LogP contribution >= 0.6 is 0 Å². The summed E-state index contributed by atoms with van der Waals surface area (Å²) < 4.78 is 8.03. The van der Waals surface area contributed by atoms with Crippen LogP contribution in [0.5, 0.6) is 0 Å². The highest BCUT2D eigenvalue weighted by atomic mass is 16.1. The first-order valence-corrected chi connectivity index (χ1v) is 8.67. The van der Waals surface area contributed by atoms with Gasteiger partial charge in [-0.25, -0.2) is 0 Å². The van der Waals surface area contributed by atoms with Crippen molar-refractivity contribution in [3.63, 3.8) is 0 Å². The molecule has 0 amide bonds. The van der Waals surface area contributed by atoms with Gasteiger partial charge in [0.05, 0.1) is 1.37 Å². The molecule has 0 aromatic carbocycles. The Bertz CT molecular complexity index is 510. The molecule has 4 rings (SSSR count). The van der Waals surface area contributed by atoms with E-state index in [1.54, 1.807) is 0 Å². The van der Waals surface area contributed by atoms with Crippen LogP contribution in [0, 0.1) is 34.5 Å². The molecule has 20 heavy (non-hydrogen) atoms. The number of carbonyl (C=O) groups excluding carboxylic acids is 1. The second-order valence-electron chi connectivity index (χ2n) is 8.52. The highest BCUT2D eigenvalue weighted by Crippen LogP contribution is 2.64. The van der Waals surface area contributed by atoms with Crippen molar-refractivity contribution in [2.45, 2.75) is 65.2 Å². The minimum Gasteiger partial charge on any atom is -0.295 e. The predicted molar refractivity (Wildman–Crippen MR) is 81.3 cm³/mol. The van der Waals surface area contributed by atoms with Crippen LogP contribution < -0.4 is 0 Å². The molecule has 0 radical (unpaired) electrons. The maximum atomic E-state index is 11.9. The second kappa shape index (κ2) is 4.21. The van der Waals surface area contributed by atoms with Crippen LogP contribution in [0.4, 0.5) is 0 Å². The molecule has 0 bridgehead atoms. The summed E-state index contributed by atoms with van der Waals surface area (Å²) in [4.78, 5) is 11.9. The number of allylic oxidation sites excluding steroid dienone is 2. The minimum absolute atomic E-state index is 0.0810. The van der Waals surface area contributed by atoms with Gasteiger partial charge in [0.15, 0.2) is 5.78 Å². The Hall–Kier alpha value is -0.590. The lowest BCUT2D eigenvalue weighted by Crippen LogP contribution is -2.51. The van der Waals surface area contributed by atoms with E-state index in [1.807, 2.05) is 0 Å². The molecule has 0 aromatic heterocycles. The van der Waals surface area contributed by atoms with Crippen molar-refractivity contribution in [3.8, 4) is 0 Å². The Morgan fingerprint density at radius 2 is 2.00 bits per heavy atom. The Morgan fingerprint density at radius 3 is 2.85 bits per heavy atom. The van der Waals surface area contributed by atoms with E-state index >= 15 is 0 Å². The molecule has 3 fully saturated rings. The van der Waals surface area contributed by atoms with Gasteiger partial charge in [-0.3, -0.25) is 4.79 Å². The number of rotatable bonds is 0. The van der Waals surface area contributed by atoms with E-state index in [4.69, 9.17) is 1.37 Å². The van der Waals surface area contributed by atoms with Gasteiger partial charge in [-0.2, -0.15) is 0 Å². The van der Waals surface area contributed by atoms with Gasteiger partial charge in [0.2, 0.25) is 0 Å². The first-order valence-electron chi connectivity index (χ1n) is 9.17. The molecule has 4 aliphatic carbocycles. The van der Waals surface area contributed by atoms with Gasteiger partial charge in [-0.05, 0) is 79.1 Å². The monoisotopic (exact) mass is 273 g/mol. The van der Waals surface area contributed by atoms with Crippen molar-refractivity contribution in [2.24, 2.45) is 34.5 Å². The summed E-state index contributed by atoms with van der Waals surface area (Å²) in [5.74, 6) is 3.07. The van der Waals surface area contributed by atoms with Crippen LogP contribution in [0.3, 0.4) is 0 Å². The van der Waals surface area contributed by atoms with Crippen LogP contribution in [0.25, 0.3) is 0 Å². The Balaban J connectivity index is 1.71.